The van der Waals surface area contributed by atoms with E-state index in [0.717, 1.165) is 6.42 Å². The molecular weight excluding hydrogens is 190 g/mol. The molecule has 1 aromatic rings. The van der Waals surface area contributed by atoms with Gasteiger partial charge >= 0.3 is 0 Å². The quantitative estimate of drug-likeness (QED) is 0.557. The van der Waals surface area contributed by atoms with Crippen LogP contribution >= 0.6 is 0 Å². The molecule has 82 valence electrons. The number of non-ortho nitro benzene ring substituents is 1. The van der Waals surface area contributed by atoms with E-state index < -0.39 is 0 Å². The molecule has 0 spiro atoms. The van der Waals surface area contributed by atoms with Crippen molar-refractivity contribution in [3.8, 4) is 0 Å². The second kappa shape index (κ2) is 4.91. The molecule has 0 fully saturated rings. The molecule has 0 radical (unpaired) electrons. The van der Waals surface area contributed by atoms with Gasteiger partial charge in [-0.05, 0) is 23.8 Å². The van der Waals surface area contributed by atoms with Crippen LogP contribution in [0.25, 0.3) is 0 Å². The number of hydrogen-bond acceptors (Lipinski definition) is 2. The van der Waals surface area contributed by atoms with Crippen LogP contribution < -0.4 is 0 Å². The van der Waals surface area contributed by atoms with Crippen molar-refractivity contribution in [2.75, 3.05) is 0 Å². The van der Waals surface area contributed by atoms with Gasteiger partial charge in [-0.1, -0.05) is 32.9 Å². The third-order valence-corrected chi connectivity index (χ3v) is 2.78. The van der Waals surface area contributed by atoms with E-state index >= 15 is 0 Å². The Balaban J connectivity index is 2.92. The van der Waals surface area contributed by atoms with Crippen LogP contribution in [0.4, 0.5) is 5.69 Å². The molecule has 3 nitrogen and oxygen atoms in total. The molecule has 1 atom stereocenters. The van der Waals surface area contributed by atoms with Crippen LogP contribution in [0.5, 0.6) is 0 Å². The van der Waals surface area contributed by atoms with Crippen LogP contribution in [0, 0.1) is 16.0 Å². The summed E-state index contributed by atoms with van der Waals surface area (Å²) in [6.45, 7) is 6.50. The Bertz CT molecular complexity index is 330. The van der Waals surface area contributed by atoms with E-state index in [9.17, 15) is 10.1 Å². The molecule has 1 aromatic carbocycles. The van der Waals surface area contributed by atoms with Crippen LogP contribution in [0.3, 0.4) is 0 Å². The summed E-state index contributed by atoms with van der Waals surface area (Å²) in [5, 5.41) is 10.5. The van der Waals surface area contributed by atoms with Crippen molar-refractivity contribution in [2.24, 2.45) is 5.92 Å². The molecule has 0 saturated heterocycles. The summed E-state index contributed by atoms with van der Waals surface area (Å²) in [4.78, 5) is 10.1. The molecule has 1 rings (SSSR count). The minimum atomic E-state index is -0.361. The third kappa shape index (κ3) is 2.78. The Hall–Kier alpha value is -1.38. The van der Waals surface area contributed by atoms with E-state index in [1.165, 1.54) is 5.56 Å². The predicted octanol–water partition coefficient (Wildman–Crippen LogP) is 3.74. The topological polar surface area (TPSA) is 43.1 Å². The van der Waals surface area contributed by atoms with Gasteiger partial charge in [0.1, 0.15) is 0 Å². The highest BCUT2D eigenvalue weighted by atomic mass is 16.6. The van der Waals surface area contributed by atoms with Crippen molar-refractivity contribution in [3.05, 3.63) is 39.9 Å². The molecule has 3 heteroatoms. The lowest BCUT2D eigenvalue weighted by Crippen LogP contribution is -2.05. The van der Waals surface area contributed by atoms with Gasteiger partial charge in [-0.25, -0.2) is 0 Å². The Morgan fingerprint density at radius 1 is 1.27 bits per heavy atom. The average Bonchev–Trinajstić information content (AvgIpc) is 2.19. The first-order valence-electron chi connectivity index (χ1n) is 5.30. The minimum absolute atomic E-state index is 0.164. The number of nitro benzene ring substituents is 1. The first kappa shape index (κ1) is 11.7. The SMILES string of the molecule is CCC(c1ccc([N+](=O)[O-])cc1)C(C)C. The molecule has 0 heterocycles. The van der Waals surface area contributed by atoms with Crippen molar-refractivity contribution in [1.29, 1.82) is 0 Å². The second-order valence-electron chi connectivity index (χ2n) is 4.11. The van der Waals surface area contributed by atoms with Gasteiger partial charge in [0, 0.05) is 12.1 Å². The molecule has 0 N–H and O–H groups in total. The maximum atomic E-state index is 10.5. The van der Waals surface area contributed by atoms with Crippen molar-refractivity contribution in [3.63, 3.8) is 0 Å². The first-order valence-corrected chi connectivity index (χ1v) is 5.30. The maximum Gasteiger partial charge on any atom is 0.269 e. The number of nitrogens with zero attached hydrogens (tertiary/aromatic N) is 1. The zero-order valence-corrected chi connectivity index (χ0v) is 9.43. The molecule has 0 aliphatic heterocycles. The highest BCUT2D eigenvalue weighted by Crippen LogP contribution is 2.28. The van der Waals surface area contributed by atoms with Crippen LogP contribution in [0.2, 0.25) is 0 Å². The Morgan fingerprint density at radius 3 is 2.13 bits per heavy atom. The van der Waals surface area contributed by atoms with Crippen LogP contribution in [-0.2, 0) is 0 Å². The normalized spacial score (nSPS) is 12.8. The van der Waals surface area contributed by atoms with Gasteiger partial charge in [-0.2, -0.15) is 0 Å². The van der Waals surface area contributed by atoms with Crippen molar-refractivity contribution < 1.29 is 4.92 Å². The van der Waals surface area contributed by atoms with Gasteiger partial charge in [0.05, 0.1) is 4.92 Å². The fourth-order valence-electron chi connectivity index (χ4n) is 1.94. The largest absolute Gasteiger partial charge is 0.269 e. The van der Waals surface area contributed by atoms with Crippen molar-refractivity contribution >= 4 is 5.69 Å². The number of hydrogen-bond donors (Lipinski definition) is 0. The molecule has 0 aromatic heterocycles. The van der Waals surface area contributed by atoms with E-state index in [4.69, 9.17) is 0 Å². The van der Waals surface area contributed by atoms with Gasteiger partial charge in [-0.3, -0.25) is 10.1 Å². The summed E-state index contributed by atoms with van der Waals surface area (Å²) < 4.78 is 0. The van der Waals surface area contributed by atoms with Gasteiger partial charge < -0.3 is 0 Å². The molecule has 0 amide bonds. The number of rotatable bonds is 4. The van der Waals surface area contributed by atoms with E-state index in [1.54, 1.807) is 12.1 Å². The van der Waals surface area contributed by atoms with E-state index in [-0.39, 0.29) is 10.6 Å². The van der Waals surface area contributed by atoms with Crippen LogP contribution in [-0.4, -0.2) is 4.92 Å². The fourth-order valence-corrected chi connectivity index (χ4v) is 1.94. The Kier molecular flexibility index (Phi) is 3.83. The average molecular weight is 207 g/mol. The lowest BCUT2D eigenvalue weighted by molar-refractivity contribution is -0.384. The lowest BCUT2D eigenvalue weighted by Gasteiger charge is -2.19. The highest BCUT2D eigenvalue weighted by Gasteiger charge is 2.14. The molecule has 1 unspecified atom stereocenters. The Labute approximate surface area is 90.3 Å². The summed E-state index contributed by atoms with van der Waals surface area (Å²) >= 11 is 0. The predicted molar refractivity (Wildman–Crippen MR) is 61.0 cm³/mol. The standard InChI is InChI=1S/C12H17NO2/c1-4-12(9(2)3)10-5-7-11(8-6-10)13(14)15/h5-9,12H,4H2,1-3H3. The van der Waals surface area contributed by atoms with Crippen molar-refractivity contribution in [1.82, 2.24) is 0 Å². The maximum absolute atomic E-state index is 10.5. The van der Waals surface area contributed by atoms with E-state index in [1.807, 2.05) is 12.1 Å². The minimum Gasteiger partial charge on any atom is -0.258 e. The summed E-state index contributed by atoms with van der Waals surface area (Å²) in [6.07, 6.45) is 1.06. The summed E-state index contributed by atoms with van der Waals surface area (Å²) in [6, 6.07) is 6.90. The molecule has 0 aliphatic rings. The number of benzene rings is 1. The van der Waals surface area contributed by atoms with Crippen LogP contribution in [0.1, 0.15) is 38.7 Å². The summed E-state index contributed by atoms with van der Waals surface area (Å²) in [7, 11) is 0. The molecule has 0 bridgehead atoms. The first-order chi connectivity index (χ1) is 7.06. The molecule has 0 saturated carbocycles. The molecule has 0 aliphatic carbocycles. The zero-order valence-electron chi connectivity index (χ0n) is 9.43. The fraction of sp³-hybridized carbons (Fsp3) is 0.500. The zero-order chi connectivity index (χ0) is 11.4. The summed E-state index contributed by atoms with van der Waals surface area (Å²) in [5.41, 5.74) is 1.36. The monoisotopic (exact) mass is 207 g/mol. The lowest BCUT2D eigenvalue weighted by atomic mass is 9.86. The van der Waals surface area contributed by atoms with Gasteiger partial charge in [0.2, 0.25) is 0 Å². The highest BCUT2D eigenvalue weighted by molar-refractivity contribution is 5.34. The number of nitro groups is 1. The third-order valence-electron chi connectivity index (χ3n) is 2.78. The van der Waals surface area contributed by atoms with Gasteiger partial charge in [0.15, 0.2) is 0 Å². The van der Waals surface area contributed by atoms with Gasteiger partial charge in [-0.15, -0.1) is 0 Å². The van der Waals surface area contributed by atoms with Crippen molar-refractivity contribution in [2.45, 2.75) is 33.1 Å². The second-order valence-corrected chi connectivity index (χ2v) is 4.11. The van der Waals surface area contributed by atoms with E-state index in [2.05, 4.69) is 20.8 Å². The molecule has 15 heavy (non-hydrogen) atoms. The molecular formula is C12H17NO2. The van der Waals surface area contributed by atoms with E-state index in [0.29, 0.717) is 11.8 Å². The summed E-state index contributed by atoms with van der Waals surface area (Å²) in [5.74, 6) is 1.06. The smallest absolute Gasteiger partial charge is 0.258 e. The Morgan fingerprint density at radius 2 is 1.80 bits per heavy atom. The van der Waals surface area contributed by atoms with Gasteiger partial charge in [0.25, 0.3) is 5.69 Å². The van der Waals surface area contributed by atoms with Crippen LogP contribution in [0.15, 0.2) is 24.3 Å².